The van der Waals surface area contributed by atoms with E-state index in [9.17, 15) is 9.90 Å². The second kappa shape index (κ2) is 5.69. The third-order valence-electron chi connectivity index (χ3n) is 4.03. The van der Waals surface area contributed by atoms with E-state index >= 15 is 0 Å². The molecule has 21 heavy (non-hydrogen) atoms. The predicted molar refractivity (Wildman–Crippen MR) is 80.5 cm³/mol. The Bertz CT molecular complexity index is 672. The number of carboxylic acids is 1. The van der Waals surface area contributed by atoms with Crippen molar-refractivity contribution in [1.29, 1.82) is 0 Å². The van der Waals surface area contributed by atoms with Gasteiger partial charge in [0.1, 0.15) is 0 Å². The van der Waals surface area contributed by atoms with Crippen molar-refractivity contribution in [2.24, 2.45) is 5.92 Å². The normalized spacial score (nSPS) is 21.6. The number of aromatic nitrogens is 1. The fourth-order valence-corrected chi connectivity index (χ4v) is 2.92. The van der Waals surface area contributed by atoms with Crippen LogP contribution in [-0.4, -0.2) is 33.8 Å². The van der Waals surface area contributed by atoms with E-state index in [1.807, 2.05) is 24.3 Å². The molecule has 1 saturated carbocycles. The SMILES string of the molecule is O=C(O)c1cc(NCC2CCC(O)C2)c2ccccc2n1. The second-order valence-electron chi connectivity index (χ2n) is 5.59. The fourth-order valence-electron chi connectivity index (χ4n) is 2.92. The summed E-state index contributed by atoms with van der Waals surface area (Å²) in [7, 11) is 0. The van der Waals surface area contributed by atoms with Gasteiger partial charge in [-0.2, -0.15) is 0 Å². The average molecular weight is 286 g/mol. The molecule has 1 heterocycles. The lowest BCUT2D eigenvalue weighted by atomic mass is 10.1. The van der Waals surface area contributed by atoms with Crippen LogP contribution in [0, 0.1) is 5.92 Å². The predicted octanol–water partition coefficient (Wildman–Crippen LogP) is 2.51. The van der Waals surface area contributed by atoms with Gasteiger partial charge in [0.05, 0.1) is 11.6 Å². The standard InChI is InChI=1S/C16H18N2O3/c19-11-6-5-10(7-11)9-17-14-8-15(16(20)21)18-13-4-2-1-3-12(13)14/h1-4,8,10-11,19H,5-7,9H2,(H,17,18)(H,20,21). The zero-order chi connectivity index (χ0) is 14.8. The zero-order valence-electron chi connectivity index (χ0n) is 11.6. The topological polar surface area (TPSA) is 82.5 Å². The van der Waals surface area contributed by atoms with Gasteiger partial charge in [-0.15, -0.1) is 0 Å². The number of aliphatic hydroxyl groups excluding tert-OH is 1. The molecule has 0 amide bonds. The first-order chi connectivity index (χ1) is 10.1. The van der Waals surface area contributed by atoms with E-state index in [2.05, 4.69) is 10.3 Å². The second-order valence-corrected chi connectivity index (χ2v) is 5.59. The Hall–Kier alpha value is -2.14. The van der Waals surface area contributed by atoms with E-state index in [-0.39, 0.29) is 11.8 Å². The van der Waals surface area contributed by atoms with Gasteiger partial charge in [-0.1, -0.05) is 18.2 Å². The van der Waals surface area contributed by atoms with Gasteiger partial charge in [0.25, 0.3) is 0 Å². The molecule has 110 valence electrons. The minimum Gasteiger partial charge on any atom is -0.477 e. The Morgan fingerprint density at radius 1 is 1.33 bits per heavy atom. The highest BCUT2D eigenvalue weighted by molar-refractivity contribution is 5.97. The smallest absolute Gasteiger partial charge is 0.354 e. The Morgan fingerprint density at radius 2 is 2.14 bits per heavy atom. The van der Waals surface area contributed by atoms with Crippen LogP contribution >= 0.6 is 0 Å². The van der Waals surface area contributed by atoms with Gasteiger partial charge in [0, 0.05) is 17.6 Å². The van der Waals surface area contributed by atoms with Gasteiger partial charge in [-0.05, 0) is 37.3 Å². The van der Waals surface area contributed by atoms with Crippen LogP contribution in [0.2, 0.25) is 0 Å². The molecule has 5 nitrogen and oxygen atoms in total. The molecule has 0 radical (unpaired) electrons. The lowest BCUT2D eigenvalue weighted by Gasteiger charge is -2.14. The Morgan fingerprint density at radius 3 is 2.86 bits per heavy atom. The van der Waals surface area contributed by atoms with Crippen LogP contribution in [0.1, 0.15) is 29.8 Å². The lowest BCUT2D eigenvalue weighted by Crippen LogP contribution is -2.13. The lowest BCUT2D eigenvalue weighted by molar-refractivity contribution is 0.0691. The maximum atomic E-state index is 11.2. The van der Waals surface area contributed by atoms with Gasteiger partial charge in [-0.25, -0.2) is 9.78 Å². The molecule has 0 spiro atoms. The number of para-hydroxylation sites is 1. The summed E-state index contributed by atoms with van der Waals surface area (Å²) in [6.07, 6.45) is 2.47. The molecule has 1 aromatic carbocycles. The first kappa shape index (κ1) is 13.8. The van der Waals surface area contributed by atoms with Gasteiger partial charge in [0.2, 0.25) is 0 Å². The number of nitrogens with zero attached hydrogens (tertiary/aromatic N) is 1. The third kappa shape index (κ3) is 2.97. The molecule has 2 aromatic rings. The van der Waals surface area contributed by atoms with Crippen LogP contribution in [0.3, 0.4) is 0 Å². The van der Waals surface area contributed by atoms with Gasteiger partial charge >= 0.3 is 5.97 Å². The molecule has 1 aromatic heterocycles. The highest BCUT2D eigenvalue weighted by Crippen LogP contribution is 2.28. The molecule has 3 rings (SSSR count). The number of anilines is 1. The minimum absolute atomic E-state index is 0.0441. The van der Waals surface area contributed by atoms with E-state index in [0.717, 1.165) is 36.9 Å². The average Bonchev–Trinajstić information content (AvgIpc) is 2.90. The Balaban J connectivity index is 1.87. The summed E-state index contributed by atoms with van der Waals surface area (Å²) in [5.41, 5.74) is 1.51. The van der Waals surface area contributed by atoms with Crippen LogP contribution in [0.15, 0.2) is 30.3 Å². The minimum atomic E-state index is -1.03. The van der Waals surface area contributed by atoms with E-state index in [1.165, 1.54) is 0 Å². The summed E-state index contributed by atoms with van der Waals surface area (Å²) in [5.74, 6) is -0.597. The number of benzene rings is 1. The number of aliphatic hydroxyl groups is 1. The number of aromatic carboxylic acids is 1. The number of carboxylic acid groups (broad SMARTS) is 1. The van der Waals surface area contributed by atoms with Gasteiger partial charge in [0.15, 0.2) is 5.69 Å². The van der Waals surface area contributed by atoms with Gasteiger partial charge in [-0.3, -0.25) is 0 Å². The van der Waals surface area contributed by atoms with Gasteiger partial charge < -0.3 is 15.5 Å². The number of pyridine rings is 1. The number of fused-ring (bicyclic) bond motifs is 1. The number of carbonyl (C=O) groups is 1. The summed E-state index contributed by atoms with van der Waals surface area (Å²) in [5, 5.41) is 23.0. The molecule has 5 heteroatoms. The van der Waals surface area contributed by atoms with Crippen LogP contribution in [-0.2, 0) is 0 Å². The molecular weight excluding hydrogens is 268 g/mol. The number of hydrogen-bond donors (Lipinski definition) is 3. The molecule has 0 aliphatic heterocycles. The quantitative estimate of drug-likeness (QED) is 0.804. The molecule has 2 unspecified atom stereocenters. The molecule has 0 bridgehead atoms. The third-order valence-corrected chi connectivity index (χ3v) is 4.03. The van der Waals surface area contributed by atoms with Crippen molar-refractivity contribution >= 4 is 22.6 Å². The monoisotopic (exact) mass is 286 g/mol. The summed E-state index contributed by atoms with van der Waals surface area (Å²) >= 11 is 0. The summed E-state index contributed by atoms with van der Waals surface area (Å²) in [6, 6.07) is 9.08. The van der Waals surface area contributed by atoms with Crippen LogP contribution in [0.4, 0.5) is 5.69 Å². The molecular formula is C16H18N2O3. The van der Waals surface area contributed by atoms with Crippen LogP contribution < -0.4 is 5.32 Å². The molecule has 1 aliphatic rings. The van der Waals surface area contributed by atoms with Crippen molar-refractivity contribution in [2.45, 2.75) is 25.4 Å². The van der Waals surface area contributed by atoms with E-state index in [1.54, 1.807) is 6.07 Å². The fraction of sp³-hybridized carbons (Fsp3) is 0.375. The maximum absolute atomic E-state index is 11.2. The number of hydrogen-bond acceptors (Lipinski definition) is 4. The van der Waals surface area contributed by atoms with Crippen molar-refractivity contribution in [3.8, 4) is 0 Å². The van der Waals surface area contributed by atoms with Crippen LogP contribution in [0.25, 0.3) is 10.9 Å². The molecule has 3 N–H and O–H groups in total. The summed E-state index contributed by atoms with van der Waals surface area (Å²) in [6.45, 7) is 0.740. The van der Waals surface area contributed by atoms with Crippen molar-refractivity contribution < 1.29 is 15.0 Å². The van der Waals surface area contributed by atoms with Crippen molar-refractivity contribution in [1.82, 2.24) is 4.98 Å². The van der Waals surface area contributed by atoms with Crippen molar-refractivity contribution in [2.75, 3.05) is 11.9 Å². The van der Waals surface area contributed by atoms with E-state index in [0.29, 0.717) is 11.4 Å². The highest BCUT2D eigenvalue weighted by Gasteiger charge is 2.22. The molecule has 1 aliphatic carbocycles. The molecule has 1 fully saturated rings. The first-order valence-corrected chi connectivity index (χ1v) is 7.18. The maximum Gasteiger partial charge on any atom is 0.354 e. The van der Waals surface area contributed by atoms with Crippen molar-refractivity contribution in [3.63, 3.8) is 0 Å². The number of rotatable bonds is 4. The number of nitrogens with one attached hydrogen (secondary N) is 1. The largest absolute Gasteiger partial charge is 0.477 e. The Labute approximate surface area is 122 Å². The summed E-state index contributed by atoms with van der Waals surface area (Å²) in [4.78, 5) is 15.3. The summed E-state index contributed by atoms with van der Waals surface area (Å²) < 4.78 is 0. The van der Waals surface area contributed by atoms with E-state index < -0.39 is 5.97 Å². The first-order valence-electron chi connectivity index (χ1n) is 7.18. The highest BCUT2D eigenvalue weighted by atomic mass is 16.4. The van der Waals surface area contributed by atoms with Crippen LogP contribution in [0.5, 0.6) is 0 Å². The van der Waals surface area contributed by atoms with Crippen molar-refractivity contribution in [3.05, 3.63) is 36.0 Å². The Kier molecular flexibility index (Phi) is 3.75. The molecule has 2 atom stereocenters. The molecule has 0 saturated heterocycles. The van der Waals surface area contributed by atoms with E-state index in [4.69, 9.17) is 5.11 Å². The zero-order valence-corrected chi connectivity index (χ0v) is 11.6.